The maximum atomic E-state index is 5.69. The topological polar surface area (TPSA) is 88.1 Å². The summed E-state index contributed by atoms with van der Waals surface area (Å²) in [5.41, 5.74) is 5.69. The molecule has 0 aliphatic rings. The average Bonchev–Trinajstić information content (AvgIpc) is 2.77. The summed E-state index contributed by atoms with van der Waals surface area (Å²) in [7, 11) is 1.57. The standard InChI is InChI=1S/C12H17N5O2/c1-8(2)17-6-9(5-14-17)19-12-4-10(13)15-11(16-12)7-18-3/h4-6,8H,7H2,1-3H3,(H2,13,15,16). The van der Waals surface area contributed by atoms with Crippen LogP contribution < -0.4 is 10.5 Å². The van der Waals surface area contributed by atoms with Gasteiger partial charge in [0.05, 0.1) is 12.4 Å². The van der Waals surface area contributed by atoms with Crippen molar-refractivity contribution in [2.75, 3.05) is 12.8 Å². The molecular formula is C12H17N5O2. The smallest absolute Gasteiger partial charge is 0.224 e. The monoisotopic (exact) mass is 263 g/mol. The number of anilines is 1. The van der Waals surface area contributed by atoms with Gasteiger partial charge in [0.1, 0.15) is 12.4 Å². The molecule has 0 saturated heterocycles. The van der Waals surface area contributed by atoms with E-state index in [2.05, 4.69) is 15.1 Å². The Hall–Kier alpha value is -2.15. The summed E-state index contributed by atoms with van der Waals surface area (Å²) >= 11 is 0. The number of nitrogens with two attached hydrogens (primary N) is 1. The van der Waals surface area contributed by atoms with Gasteiger partial charge in [-0.1, -0.05) is 0 Å². The van der Waals surface area contributed by atoms with Gasteiger partial charge in [0.2, 0.25) is 5.88 Å². The number of aromatic nitrogens is 4. The van der Waals surface area contributed by atoms with E-state index < -0.39 is 0 Å². The molecule has 0 saturated carbocycles. The number of hydrogen-bond acceptors (Lipinski definition) is 6. The second kappa shape index (κ2) is 5.66. The number of ether oxygens (including phenoxy) is 2. The lowest BCUT2D eigenvalue weighted by atomic mass is 10.4. The van der Waals surface area contributed by atoms with Crippen LogP contribution in [0.2, 0.25) is 0 Å². The van der Waals surface area contributed by atoms with Crippen LogP contribution in [0.4, 0.5) is 5.82 Å². The highest BCUT2D eigenvalue weighted by Gasteiger charge is 2.07. The molecule has 19 heavy (non-hydrogen) atoms. The Morgan fingerprint density at radius 1 is 1.37 bits per heavy atom. The highest BCUT2D eigenvalue weighted by molar-refractivity contribution is 5.34. The van der Waals surface area contributed by atoms with Crippen LogP contribution in [0.3, 0.4) is 0 Å². The van der Waals surface area contributed by atoms with Gasteiger partial charge in [0.15, 0.2) is 11.6 Å². The molecular weight excluding hydrogens is 246 g/mol. The molecule has 0 radical (unpaired) electrons. The van der Waals surface area contributed by atoms with Crippen molar-refractivity contribution in [3.05, 3.63) is 24.3 Å². The summed E-state index contributed by atoms with van der Waals surface area (Å²) in [5, 5.41) is 4.19. The van der Waals surface area contributed by atoms with Crippen molar-refractivity contribution >= 4 is 5.82 Å². The van der Waals surface area contributed by atoms with Crippen molar-refractivity contribution in [1.29, 1.82) is 0 Å². The molecule has 7 heteroatoms. The zero-order valence-electron chi connectivity index (χ0n) is 11.2. The van der Waals surface area contributed by atoms with Gasteiger partial charge < -0.3 is 15.2 Å². The lowest BCUT2D eigenvalue weighted by molar-refractivity contribution is 0.177. The molecule has 0 atom stereocenters. The minimum absolute atomic E-state index is 0.275. The molecule has 0 fully saturated rings. The fourth-order valence-corrected chi connectivity index (χ4v) is 1.51. The number of methoxy groups -OCH3 is 1. The molecule has 0 amide bonds. The second-order valence-corrected chi connectivity index (χ2v) is 4.33. The lowest BCUT2D eigenvalue weighted by Gasteiger charge is -2.06. The van der Waals surface area contributed by atoms with Crippen molar-refractivity contribution in [3.63, 3.8) is 0 Å². The van der Waals surface area contributed by atoms with Crippen LogP contribution in [0.15, 0.2) is 18.5 Å². The van der Waals surface area contributed by atoms with Crippen LogP contribution >= 0.6 is 0 Å². The Labute approximate surface area is 111 Å². The Balaban J connectivity index is 2.17. The zero-order valence-corrected chi connectivity index (χ0v) is 11.2. The second-order valence-electron chi connectivity index (χ2n) is 4.33. The number of rotatable bonds is 5. The summed E-state index contributed by atoms with van der Waals surface area (Å²) in [5.74, 6) is 1.81. The zero-order chi connectivity index (χ0) is 13.8. The third-order valence-electron chi connectivity index (χ3n) is 2.37. The van der Waals surface area contributed by atoms with Crippen LogP contribution in [-0.2, 0) is 11.3 Å². The molecule has 2 aromatic heterocycles. The average molecular weight is 263 g/mol. The maximum Gasteiger partial charge on any atom is 0.224 e. The summed E-state index contributed by atoms with van der Waals surface area (Å²) < 4.78 is 12.4. The molecule has 7 nitrogen and oxygen atoms in total. The first-order valence-corrected chi connectivity index (χ1v) is 5.93. The van der Waals surface area contributed by atoms with E-state index in [0.717, 1.165) is 0 Å². The van der Waals surface area contributed by atoms with Crippen LogP contribution in [0.5, 0.6) is 11.6 Å². The van der Waals surface area contributed by atoms with Gasteiger partial charge in [-0.3, -0.25) is 4.68 Å². The molecule has 2 rings (SSSR count). The molecule has 2 N–H and O–H groups in total. The number of hydrogen-bond donors (Lipinski definition) is 1. The largest absolute Gasteiger partial charge is 0.436 e. The minimum atomic E-state index is 0.275. The molecule has 0 aromatic carbocycles. The molecule has 0 bridgehead atoms. The SMILES string of the molecule is COCc1nc(N)cc(Oc2cnn(C(C)C)c2)n1. The van der Waals surface area contributed by atoms with Gasteiger partial charge in [0.25, 0.3) is 0 Å². The van der Waals surface area contributed by atoms with Gasteiger partial charge in [-0.2, -0.15) is 10.1 Å². The highest BCUT2D eigenvalue weighted by atomic mass is 16.5. The first-order valence-electron chi connectivity index (χ1n) is 5.93. The Kier molecular flexibility index (Phi) is 3.96. The fourth-order valence-electron chi connectivity index (χ4n) is 1.51. The van der Waals surface area contributed by atoms with Crippen LogP contribution in [0.25, 0.3) is 0 Å². The van der Waals surface area contributed by atoms with Gasteiger partial charge in [-0.15, -0.1) is 0 Å². The number of nitrogen functional groups attached to an aromatic ring is 1. The molecule has 0 aliphatic carbocycles. The van der Waals surface area contributed by atoms with Gasteiger partial charge in [-0.05, 0) is 13.8 Å². The first kappa shape index (κ1) is 13.3. The fraction of sp³-hybridized carbons (Fsp3) is 0.417. The third-order valence-corrected chi connectivity index (χ3v) is 2.37. The molecule has 0 unspecified atom stereocenters. The van der Waals surface area contributed by atoms with Crippen molar-refractivity contribution in [2.24, 2.45) is 0 Å². The van der Waals surface area contributed by atoms with Gasteiger partial charge in [-0.25, -0.2) is 4.98 Å². The van der Waals surface area contributed by atoms with E-state index in [9.17, 15) is 0 Å². The summed E-state index contributed by atoms with van der Waals surface area (Å²) in [6.45, 7) is 4.36. The van der Waals surface area contributed by atoms with E-state index >= 15 is 0 Å². The summed E-state index contributed by atoms with van der Waals surface area (Å²) in [4.78, 5) is 8.24. The lowest BCUT2D eigenvalue weighted by Crippen LogP contribution is -2.02. The normalized spacial score (nSPS) is 10.9. The molecule has 102 valence electrons. The Morgan fingerprint density at radius 3 is 2.79 bits per heavy atom. The Bertz CT molecular complexity index is 553. The molecule has 2 heterocycles. The first-order chi connectivity index (χ1) is 9.08. The van der Waals surface area contributed by atoms with E-state index in [1.54, 1.807) is 30.3 Å². The predicted octanol–water partition coefficient (Wildman–Crippen LogP) is 1.77. The van der Waals surface area contributed by atoms with Crippen molar-refractivity contribution in [3.8, 4) is 11.6 Å². The van der Waals surface area contributed by atoms with Crippen LogP contribution in [0.1, 0.15) is 25.7 Å². The Morgan fingerprint density at radius 2 is 2.16 bits per heavy atom. The molecule has 0 spiro atoms. The van der Waals surface area contributed by atoms with E-state index in [4.69, 9.17) is 15.2 Å². The number of nitrogens with zero attached hydrogens (tertiary/aromatic N) is 4. The van der Waals surface area contributed by atoms with Gasteiger partial charge in [0, 0.05) is 19.2 Å². The van der Waals surface area contributed by atoms with Crippen LogP contribution in [-0.4, -0.2) is 26.9 Å². The minimum Gasteiger partial charge on any atom is -0.436 e. The van der Waals surface area contributed by atoms with Crippen molar-refractivity contribution in [1.82, 2.24) is 19.7 Å². The van der Waals surface area contributed by atoms with E-state index in [1.165, 1.54) is 0 Å². The van der Waals surface area contributed by atoms with E-state index in [0.29, 0.717) is 23.3 Å². The summed E-state index contributed by atoms with van der Waals surface area (Å²) in [6.07, 6.45) is 3.44. The van der Waals surface area contributed by atoms with E-state index in [-0.39, 0.29) is 12.6 Å². The van der Waals surface area contributed by atoms with E-state index in [1.807, 2.05) is 13.8 Å². The third kappa shape index (κ3) is 3.41. The van der Waals surface area contributed by atoms with Crippen molar-refractivity contribution < 1.29 is 9.47 Å². The van der Waals surface area contributed by atoms with Crippen molar-refractivity contribution in [2.45, 2.75) is 26.5 Å². The predicted molar refractivity (Wildman–Crippen MR) is 69.8 cm³/mol. The van der Waals surface area contributed by atoms with Crippen LogP contribution in [0, 0.1) is 0 Å². The molecule has 2 aromatic rings. The maximum absolute atomic E-state index is 5.69. The molecule has 0 aliphatic heterocycles. The highest BCUT2D eigenvalue weighted by Crippen LogP contribution is 2.21. The quantitative estimate of drug-likeness (QED) is 0.884. The van der Waals surface area contributed by atoms with Gasteiger partial charge >= 0.3 is 0 Å². The summed E-state index contributed by atoms with van der Waals surface area (Å²) in [6, 6.07) is 1.84.